The lowest BCUT2D eigenvalue weighted by molar-refractivity contribution is -0.257. The Hall–Kier alpha value is -3.45. The summed E-state index contributed by atoms with van der Waals surface area (Å²) in [5, 5.41) is 2.63. The smallest absolute Gasteiger partial charge is 0.396 e. The summed E-state index contributed by atoms with van der Waals surface area (Å²) in [6, 6.07) is 1.99. The Bertz CT molecular complexity index is 1190. The molecule has 1 aromatic carbocycles. The van der Waals surface area contributed by atoms with E-state index in [1.54, 1.807) is 19.1 Å². The Morgan fingerprint density at radius 3 is 2.26 bits per heavy atom. The molecule has 5 atom stereocenters. The predicted molar refractivity (Wildman–Crippen MR) is 120 cm³/mol. The molecule has 2 aromatic rings. The lowest BCUT2D eigenvalue weighted by Crippen LogP contribution is -2.67. The standard InChI is InChI=1S/C22H25NO11S/c1-9-14(6-7-15-20(9)35-22(28)34-15)32-21-17(23-10(2)24)19(31-13(5)27)18(30-12(4)26)16(33-21)8-29-11(3)25/h6-7,16-19,21H,8H2,1-5H3,(H,23,24)/t16-,17-,18+,19+,21-/m0/s1. The van der Waals surface area contributed by atoms with Crippen molar-refractivity contribution in [3.8, 4) is 5.75 Å². The van der Waals surface area contributed by atoms with Crippen molar-refractivity contribution in [1.82, 2.24) is 5.32 Å². The predicted octanol–water partition coefficient (Wildman–Crippen LogP) is 1.20. The molecule has 1 N–H and O–H groups in total. The van der Waals surface area contributed by atoms with Gasteiger partial charge in [-0.15, -0.1) is 0 Å². The Morgan fingerprint density at radius 2 is 1.66 bits per heavy atom. The molecule has 1 saturated heterocycles. The van der Waals surface area contributed by atoms with Crippen molar-refractivity contribution in [2.24, 2.45) is 0 Å². The lowest BCUT2D eigenvalue weighted by atomic mass is 9.96. The molecule has 190 valence electrons. The highest BCUT2D eigenvalue weighted by Gasteiger charge is 2.52. The molecular formula is C22H25NO11S. The molecule has 35 heavy (non-hydrogen) atoms. The number of fused-ring (bicyclic) bond motifs is 1. The maximum atomic E-state index is 12.0. The largest absolute Gasteiger partial charge is 0.463 e. The van der Waals surface area contributed by atoms with Crippen LogP contribution in [0.1, 0.15) is 33.3 Å². The summed E-state index contributed by atoms with van der Waals surface area (Å²) in [6.45, 7) is 6.10. The summed E-state index contributed by atoms with van der Waals surface area (Å²) in [5.74, 6) is -2.23. The first-order valence-electron chi connectivity index (χ1n) is 10.6. The normalized spacial score (nSPS) is 23.9. The third-order valence-electron chi connectivity index (χ3n) is 5.01. The number of benzene rings is 1. The van der Waals surface area contributed by atoms with Crippen LogP contribution in [-0.4, -0.2) is 61.1 Å². The van der Waals surface area contributed by atoms with Gasteiger partial charge in [-0.05, 0) is 19.1 Å². The molecule has 0 radical (unpaired) electrons. The lowest BCUT2D eigenvalue weighted by Gasteiger charge is -2.44. The average Bonchev–Trinajstić information content (AvgIpc) is 3.13. The number of rotatable bonds is 7. The maximum Gasteiger partial charge on any atom is 0.396 e. The highest BCUT2D eigenvalue weighted by molar-refractivity contribution is 7.16. The summed E-state index contributed by atoms with van der Waals surface area (Å²) in [7, 11) is 0. The molecule has 0 saturated carbocycles. The molecule has 1 aliphatic heterocycles. The quantitative estimate of drug-likeness (QED) is 0.421. The van der Waals surface area contributed by atoms with E-state index in [1.165, 1.54) is 13.8 Å². The van der Waals surface area contributed by atoms with Crippen molar-refractivity contribution < 1.29 is 47.3 Å². The molecular weight excluding hydrogens is 486 g/mol. The minimum absolute atomic E-state index is 0.300. The van der Waals surface area contributed by atoms with Gasteiger partial charge in [0.25, 0.3) is 0 Å². The van der Waals surface area contributed by atoms with Crippen LogP contribution in [0.4, 0.5) is 0 Å². The van der Waals surface area contributed by atoms with E-state index in [4.69, 9.17) is 28.1 Å². The van der Waals surface area contributed by atoms with Gasteiger partial charge in [0.2, 0.25) is 12.2 Å². The highest BCUT2D eigenvalue weighted by Crippen LogP contribution is 2.33. The molecule has 12 nitrogen and oxygen atoms in total. The first-order valence-corrected chi connectivity index (χ1v) is 11.4. The van der Waals surface area contributed by atoms with Crippen LogP contribution in [0.2, 0.25) is 0 Å². The number of carbonyl (C=O) groups is 4. The van der Waals surface area contributed by atoms with Crippen molar-refractivity contribution in [2.75, 3.05) is 6.61 Å². The monoisotopic (exact) mass is 511 g/mol. The zero-order valence-electron chi connectivity index (χ0n) is 19.6. The maximum absolute atomic E-state index is 12.0. The Kier molecular flexibility index (Phi) is 8.12. The van der Waals surface area contributed by atoms with E-state index >= 15 is 0 Å². The zero-order chi connectivity index (χ0) is 25.9. The van der Waals surface area contributed by atoms with Gasteiger partial charge in [-0.3, -0.25) is 19.2 Å². The van der Waals surface area contributed by atoms with Crippen LogP contribution in [0.3, 0.4) is 0 Å². The van der Waals surface area contributed by atoms with E-state index in [0.717, 1.165) is 25.2 Å². The van der Waals surface area contributed by atoms with E-state index < -0.39 is 59.4 Å². The van der Waals surface area contributed by atoms with Crippen molar-refractivity contribution in [3.63, 3.8) is 0 Å². The van der Waals surface area contributed by atoms with Gasteiger partial charge in [-0.25, -0.2) is 4.79 Å². The number of ether oxygens (including phenoxy) is 5. The number of hydrogen-bond acceptors (Lipinski definition) is 12. The number of amides is 1. The molecule has 2 heterocycles. The van der Waals surface area contributed by atoms with Crippen LogP contribution in [0.25, 0.3) is 10.3 Å². The molecule has 1 amide bonds. The fourth-order valence-corrected chi connectivity index (χ4v) is 4.46. The Morgan fingerprint density at radius 1 is 1.00 bits per heavy atom. The summed E-state index contributed by atoms with van der Waals surface area (Å²) in [6.07, 6.45) is -4.84. The minimum atomic E-state index is -1.27. The molecule has 1 fully saturated rings. The Labute approximate surface area is 203 Å². The van der Waals surface area contributed by atoms with Crippen molar-refractivity contribution >= 4 is 45.4 Å². The van der Waals surface area contributed by atoms with Crippen molar-refractivity contribution in [1.29, 1.82) is 0 Å². The number of carbonyl (C=O) groups excluding carboxylic acids is 4. The first-order chi connectivity index (χ1) is 16.5. The van der Waals surface area contributed by atoms with Crippen LogP contribution in [0.5, 0.6) is 5.75 Å². The number of hydrogen-bond donors (Lipinski definition) is 1. The van der Waals surface area contributed by atoms with Crippen LogP contribution in [0.15, 0.2) is 21.3 Å². The number of esters is 3. The molecule has 13 heteroatoms. The molecule has 0 aliphatic carbocycles. The summed E-state index contributed by atoms with van der Waals surface area (Å²) in [4.78, 5) is 58.4. The van der Waals surface area contributed by atoms with Crippen LogP contribution in [-0.2, 0) is 38.1 Å². The van der Waals surface area contributed by atoms with Gasteiger partial charge in [0.05, 0.1) is 4.70 Å². The average molecular weight is 512 g/mol. The van der Waals surface area contributed by atoms with Gasteiger partial charge in [0.15, 0.2) is 12.2 Å². The number of nitrogens with one attached hydrogen (secondary N) is 1. The van der Waals surface area contributed by atoms with Gasteiger partial charge in [0.1, 0.15) is 30.1 Å². The molecule has 0 spiro atoms. The molecule has 0 bridgehead atoms. The van der Waals surface area contributed by atoms with Crippen molar-refractivity contribution in [3.05, 3.63) is 27.4 Å². The summed E-state index contributed by atoms with van der Waals surface area (Å²) < 4.78 is 33.6. The van der Waals surface area contributed by atoms with Gasteiger partial charge in [-0.2, -0.15) is 0 Å². The third-order valence-corrected chi connectivity index (χ3v) is 5.97. The summed E-state index contributed by atoms with van der Waals surface area (Å²) >= 11 is 0.897. The minimum Gasteiger partial charge on any atom is -0.463 e. The van der Waals surface area contributed by atoms with Gasteiger partial charge in [0, 0.05) is 33.3 Å². The van der Waals surface area contributed by atoms with E-state index in [9.17, 15) is 24.0 Å². The van der Waals surface area contributed by atoms with E-state index in [2.05, 4.69) is 5.32 Å². The van der Waals surface area contributed by atoms with Gasteiger partial charge >= 0.3 is 22.8 Å². The van der Waals surface area contributed by atoms with E-state index in [0.29, 0.717) is 21.6 Å². The second-order valence-corrected chi connectivity index (χ2v) is 8.75. The molecule has 3 rings (SSSR count). The fourth-order valence-electron chi connectivity index (χ4n) is 3.69. The Balaban J connectivity index is 2.03. The zero-order valence-corrected chi connectivity index (χ0v) is 20.5. The van der Waals surface area contributed by atoms with Crippen LogP contribution < -0.4 is 15.0 Å². The van der Waals surface area contributed by atoms with Gasteiger partial charge < -0.3 is 33.4 Å². The third kappa shape index (κ3) is 6.36. The van der Waals surface area contributed by atoms with Crippen LogP contribution >= 0.6 is 11.3 Å². The van der Waals surface area contributed by atoms with Crippen LogP contribution in [0, 0.1) is 6.92 Å². The van der Waals surface area contributed by atoms with Gasteiger partial charge in [-0.1, -0.05) is 11.3 Å². The molecule has 0 unspecified atom stereocenters. The molecule has 1 aromatic heterocycles. The fraction of sp³-hybridized carbons (Fsp3) is 0.500. The second-order valence-electron chi connectivity index (χ2n) is 7.81. The van der Waals surface area contributed by atoms with E-state index in [1.807, 2.05) is 0 Å². The first kappa shape index (κ1) is 26.2. The second kappa shape index (κ2) is 10.9. The highest BCUT2D eigenvalue weighted by atomic mass is 32.1. The summed E-state index contributed by atoms with van der Waals surface area (Å²) in [5.41, 5.74) is 0.958. The topological polar surface area (TPSA) is 157 Å². The molecule has 1 aliphatic rings. The van der Waals surface area contributed by atoms with Crippen molar-refractivity contribution in [2.45, 2.75) is 65.3 Å². The number of aryl methyl sites for hydroxylation is 1. The van der Waals surface area contributed by atoms with E-state index in [-0.39, 0.29) is 6.61 Å². The SMILES string of the molecule is CC(=O)N[C@@H]1[C@@H](Oc2ccc3oc(=O)sc3c2C)O[C@@H](COC(C)=O)[C@@H](OC(C)=O)[C@@H]1OC(C)=O.